The number of benzene rings is 1. The fourth-order valence-corrected chi connectivity index (χ4v) is 3.88. The third kappa shape index (κ3) is 5.03. The number of aliphatic hydroxyl groups is 1. The van der Waals surface area contributed by atoms with Crippen molar-refractivity contribution >= 4 is 0 Å². The van der Waals surface area contributed by atoms with Crippen molar-refractivity contribution in [1.29, 1.82) is 0 Å². The minimum atomic E-state index is -0.571. The smallest absolute Gasteiger partial charge is 0.0594 e. The summed E-state index contributed by atoms with van der Waals surface area (Å²) in [6.45, 7) is 9.94. The first-order valence-electron chi connectivity index (χ1n) is 9.26. The van der Waals surface area contributed by atoms with Crippen LogP contribution in [0.1, 0.15) is 50.7 Å². The molecule has 0 aromatic heterocycles. The number of rotatable bonds is 6. The molecular weight excluding hydrogens is 284 g/mol. The Hall–Kier alpha value is -0.900. The molecule has 0 spiro atoms. The summed E-state index contributed by atoms with van der Waals surface area (Å²) in [5.41, 5.74) is 2.17. The Morgan fingerprint density at radius 3 is 2.35 bits per heavy atom. The first-order valence-corrected chi connectivity index (χ1v) is 9.26. The summed E-state index contributed by atoms with van der Waals surface area (Å²) in [6.07, 6.45) is 5.88. The van der Waals surface area contributed by atoms with E-state index in [0.29, 0.717) is 0 Å². The lowest BCUT2D eigenvalue weighted by atomic mass is 9.98. The van der Waals surface area contributed by atoms with Gasteiger partial charge in [0, 0.05) is 25.7 Å². The van der Waals surface area contributed by atoms with E-state index in [0.717, 1.165) is 25.4 Å². The summed E-state index contributed by atoms with van der Waals surface area (Å²) in [7, 11) is 0. The van der Waals surface area contributed by atoms with Gasteiger partial charge in [-0.3, -0.25) is 9.80 Å². The van der Waals surface area contributed by atoms with Crippen LogP contribution in [0.4, 0.5) is 0 Å². The molecule has 0 bridgehead atoms. The molecule has 2 heterocycles. The highest BCUT2D eigenvalue weighted by molar-refractivity contribution is 5.23. The van der Waals surface area contributed by atoms with Crippen LogP contribution in [-0.2, 0) is 13.0 Å². The van der Waals surface area contributed by atoms with Crippen molar-refractivity contribution in [2.75, 3.05) is 26.2 Å². The van der Waals surface area contributed by atoms with Gasteiger partial charge in [-0.15, -0.1) is 0 Å². The number of aryl methyl sites for hydroxylation is 1. The highest BCUT2D eigenvalue weighted by Crippen LogP contribution is 2.22. The molecular formula is C20H32N2O. The maximum Gasteiger partial charge on any atom is 0.0594 e. The maximum atomic E-state index is 9.83. The van der Waals surface area contributed by atoms with E-state index in [2.05, 4.69) is 34.1 Å². The standard InChI is InChI=1S/C20H32N2O/c1-20(2,23)11-9-17-5-7-18(8-6-17)15-21-14-10-19(16-21)22-12-3-4-13-22/h5-8,19,23H,3-4,9-16H2,1-2H3/t19-/m1/s1. The molecule has 3 rings (SSSR count). The highest BCUT2D eigenvalue weighted by atomic mass is 16.3. The second-order valence-corrected chi connectivity index (χ2v) is 8.05. The lowest BCUT2D eigenvalue weighted by Crippen LogP contribution is -2.35. The lowest BCUT2D eigenvalue weighted by Gasteiger charge is -2.23. The van der Waals surface area contributed by atoms with Gasteiger partial charge >= 0.3 is 0 Å². The quantitative estimate of drug-likeness (QED) is 0.874. The van der Waals surface area contributed by atoms with Crippen molar-refractivity contribution in [1.82, 2.24) is 9.80 Å². The van der Waals surface area contributed by atoms with Gasteiger partial charge in [-0.1, -0.05) is 24.3 Å². The van der Waals surface area contributed by atoms with Crippen molar-refractivity contribution in [2.24, 2.45) is 0 Å². The topological polar surface area (TPSA) is 26.7 Å². The van der Waals surface area contributed by atoms with Crippen LogP contribution in [0.3, 0.4) is 0 Å². The van der Waals surface area contributed by atoms with Crippen LogP contribution in [0.15, 0.2) is 24.3 Å². The Bertz CT molecular complexity index is 485. The fraction of sp³-hybridized carbons (Fsp3) is 0.700. The molecule has 2 saturated heterocycles. The van der Waals surface area contributed by atoms with Gasteiger partial charge in [0.25, 0.3) is 0 Å². The zero-order valence-corrected chi connectivity index (χ0v) is 14.8. The molecule has 2 aliphatic rings. The first-order chi connectivity index (χ1) is 11.0. The first kappa shape index (κ1) is 16.9. The van der Waals surface area contributed by atoms with E-state index in [1.54, 1.807) is 0 Å². The van der Waals surface area contributed by atoms with Gasteiger partial charge in [0.1, 0.15) is 0 Å². The van der Waals surface area contributed by atoms with Gasteiger partial charge < -0.3 is 5.11 Å². The number of nitrogens with zero attached hydrogens (tertiary/aromatic N) is 2. The minimum Gasteiger partial charge on any atom is -0.390 e. The van der Waals surface area contributed by atoms with Crippen molar-refractivity contribution in [3.05, 3.63) is 35.4 Å². The predicted molar refractivity (Wildman–Crippen MR) is 95.5 cm³/mol. The van der Waals surface area contributed by atoms with E-state index >= 15 is 0 Å². The van der Waals surface area contributed by atoms with Crippen molar-refractivity contribution in [3.63, 3.8) is 0 Å². The molecule has 2 fully saturated rings. The molecule has 1 atom stereocenters. The number of likely N-dealkylation sites (tertiary alicyclic amines) is 2. The van der Waals surface area contributed by atoms with Gasteiger partial charge in [0.2, 0.25) is 0 Å². The molecule has 128 valence electrons. The summed E-state index contributed by atoms with van der Waals surface area (Å²) >= 11 is 0. The van der Waals surface area contributed by atoms with Crippen LogP contribution in [0.25, 0.3) is 0 Å². The van der Waals surface area contributed by atoms with Crippen molar-refractivity contribution in [3.8, 4) is 0 Å². The molecule has 3 heteroatoms. The van der Waals surface area contributed by atoms with Crippen LogP contribution in [0.5, 0.6) is 0 Å². The molecule has 1 aromatic carbocycles. The van der Waals surface area contributed by atoms with Crippen LogP contribution in [0.2, 0.25) is 0 Å². The van der Waals surface area contributed by atoms with Crippen LogP contribution in [0, 0.1) is 0 Å². The molecule has 1 aromatic rings. The van der Waals surface area contributed by atoms with E-state index in [1.165, 1.54) is 56.6 Å². The van der Waals surface area contributed by atoms with Crippen LogP contribution in [-0.4, -0.2) is 52.7 Å². The predicted octanol–water partition coefficient (Wildman–Crippen LogP) is 3.06. The van der Waals surface area contributed by atoms with E-state index in [9.17, 15) is 5.11 Å². The SMILES string of the molecule is CC(C)(O)CCc1ccc(CN2CC[C@@H](N3CCCC3)C2)cc1. The van der Waals surface area contributed by atoms with Gasteiger partial charge in [0.15, 0.2) is 0 Å². The molecule has 1 N–H and O–H groups in total. The van der Waals surface area contributed by atoms with E-state index < -0.39 is 5.60 Å². The van der Waals surface area contributed by atoms with Crippen LogP contribution >= 0.6 is 0 Å². The Labute approximate surface area is 141 Å². The third-order valence-corrected chi connectivity index (χ3v) is 5.36. The zero-order valence-electron chi connectivity index (χ0n) is 14.8. The Morgan fingerprint density at radius 2 is 1.70 bits per heavy atom. The van der Waals surface area contributed by atoms with Gasteiger partial charge in [-0.25, -0.2) is 0 Å². The number of hydrogen-bond acceptors (Lipinski definition) is 3. The molecule has 0 saturated carbocycles. The Kier molecular flexibility index (Phi) is 5.40. The third-order valence-electron chi connectivity index (χ3n) is 5.36. The fourth-order valence-electron chi connectivity index (χ4n) is 3.88. The molecule has 2 aliphatic heterocycles. The van der Waals surface area contributed by atoms with Gasteiger partial charge in [0.05, 0.1) is 5.60 Å². The molecule has 3 nitrogen and oxygen atoms in total. The largest absolute Gasteiger partial charge is 0.390 e. The molecule has 0 amide bonds. The maximum absolute atomic E-state index is 9.83. The molecule has 23 heavy (non-hydrogen) atoms. The van der Waals surface area contributed by atoms with E-state index in [4.69, 9.17) is 0 Å². The lowest BCUT2D eigenvalue weighted by molar-refractivity contribution is 0.0714. The highest BCUT2D eigenvalue weighted by Gasteiger charge is 2.28. The van der Waals surface area contributed by atoms with Gasteiger partial charge in [-0.2, -0.15) is 0 Å². The monoisotopic (exact) mass is 316 g/mol. The normalized spacial score (nSPS) is 23.7. The second kappa shape index (κ2) is 7.33. The second-order valence-electron chi connectivity index (χ2n) is 8.05. The number of hydrogen-bond donors (Lipinski definition) is 1. The molecule has 0 aliphatic carbocycles. The average molecular weight is 316 g/mol. The summed E-state index contributed by atoms with van der Waals surface area (Å²) in [5.74, 6) is 0. The van der Waals surface area contributed by atoms with Gasteiger partial charge in [-0.05, 0) is 70.2 Å². The van der Waals surface area contributed by atoms with E-state index in [1.807, 2.05) is 13.8 Å². The summed E-state index contributed by atoms with van der Waals surface area (Å²) in [5, 5.41) is 9.83. The Morgan fingerprint density at radius 1 is 1.04 bits per heavy atom. The zero-order chi connectivity index (χ0) is 16.3. The average Bonchev–Trinajstić information content (AvgIpc) is 3.16. The summed E-state index contributed by atoms with van der Waals surface area (Å²) in [6, 6.07) is 9.79. The molecule has 0 unspecified atom stereocenters. The molecule has 0 radical (unpaired) electrons. The van der Waals surface area contributed by atoms with Crippen LogP contribution < -0.4 is 0 Å². The van der Waals surface area contributed by atoms with Crippen molar-refractivity contribution < 1.29 is 5.11 Å². The van der Waals surface area contributed by atoms with Crippen molar-refractivity contribution in [2.45, 2.75) is 64.1 Å². The summed E-state index contributed by atoms with van der Waals surface area (Å²) < 4.78 is 0. The summed E-state index contributed by atoms with van der Waals surface area (Å²) in [4.78, 5) is 5.30. The van der Waals surface area contributed by atoms with E-state index in [-0.39, 0.29) is 0 Å². The minimum absolute atomic E-state index is 0.571. The Balaban J connectivity index is 1.47.